The van der Waals surface area contributed by atoms with E-state index in [1.54, 1.807) is 0 Å². The second-order valence-corrected chi connectivity index (χ2v) is 4.46. The molecule has 1 fully saturated rings. The van der Waals surface area contributed by atoms with Crippen LogP contribution in [0.4, 0.5) is 0 Å². The summed E-state index contributed by atoms with van der Waals surface area (Å²) in [6, 6.07) is 4.23. The van der Waals surface area contributed by atoms with Crippen LogP contribution in [-0.2, 0) is 9.59 Å². The van der Waals surface area contributed by atoms with Crippen molar-refractivity contribution in [1.29, 1.82) is 0 Å². The van der Waals surface area contributed by atoms with Crippen LogP contribution in [0.2, 0.25) is 0 Å². The maximum atomic E-state index is 11.4. The molecule has 1 aromatic carbocycles. The predicted octanol–water partition coefficient (Wildman–Crippen LogP) is 0.921. The molecular weight excluding hydrogens is 278 g/mol. The van der Waals surface area contributed by atoms with Crippen molar-refractivity contribution in [3.63, 3.8) is 0 Å². The van der Waals surface area contributed by atoms with Crippen molar-refractivity contribution in [2.24, 2.45) is 0 Å². The summed E-state index contributed by atoms with van der Waals surface area (Å²) in [5, 5.41) is 8.90. The van der Waals surface area contributed by atoms with Gasteiger partial charge in [-0.2, -0.15) is 0 Å². The molecule has 0 aromatic heterocycles. The Kier molecular flexibility index (Phi) is 4.42. The standard InChI is InChI=1S/C14H15NO6/c1-20-11-8-9(14(18)19)2-3-10(11)21-7-6-15-12(16)4-5-13(15)17/h2-3,8H,4-7H2,1H3,(H,18,19). The number of nitrogens with zero attached hydrogens (tertiary/aromatic N) is 1. The van der Waals surface area contributed by atoms with Crippen molar-refractivity contribution in [1.82, 2.24) is 4.90 Å². The van der Waals surface area contributed by atoms with Crippen LogP contribution >= 0.6 is 0 Å². The van der Waals surface area contributed by atoms with Crippen LogP contribution in [0.1, 0.15) is 23.2 Å². The Morgan fingerprint density at radius 3 is 2.48 bits per heavy atom. The molecule has 0 saturated carbocycles. The van der Waals surface area contributed by atoms with E-state index in [1.807, 2.05) is 0 Å². The summed E-state index contributed by atoms with van der Waals surface area (Å²) in [6.07, 6.45) is 0.491. The van der Waals surface area contributed by atoms with E-state index in [9.17, 15) is 14.4 Å². The van der Waals surface area contributed by atoms with Crippen LogP contribution in [0, 0.1) is 0 Å². The van der Waals surface area contributed by atoms with E-state index in [0.717, 1.165) is 4.90 Å². The first kappa shape index (κ1) is 14.8. The Balaban J connectivity index is 1.98. The summed E-state index contributed by atoms with van der Waals surface area (Å²) in [6.45, 7) is 0.293. The second-order valence-electron chi connectivity index (χ2n) is 4.46. The van der Waals surface area contributed by atoms with Crippen LogP contribution in [0.5, 0.6) is 11.5 Å². The van der Waals surface area contributed by atoms with Crippen molar-refractivity contribution >= 4 is 17.8 Å². The van der Waals surface area contributed by atoms with Gasteiger partial charge in [0.15, 0.2) is 11.5 Å². The number of hydrogen-bond acceptors (Lipinski definition) is 5. The molecule has 2 rings (SSSR count). The lowest BCUT2D eigenvalue weighted by Gasteiger charge is -2.15. The topological polar surface area (TPSA) is 93.1 Å². The van der Waals surface area contributed by atoms with Crippen LogP contribution in [0.3, 0.4) is 0 Å². The van der Waals surface area contributed by atoms with Crippen LogP contribution in [0.25, 0.3) is 0 Å². The quantitative estimate of drug-likeness (QED) is 0.784. The average molecular weight is 293 g/mol. The van der Waals surface area contributed by atoms with Gasteiger partial charge in [-0.05, 0) is 18.2 Å². The molecule has 0 unspecified atom stereocenters. The Bertz CT molecular complexity index is 567. The SMILES string of the molecule is COc1cc(C(=O)O)ccc1OCCN1C(=O)CCC1=O. The van der Waals surface area contributed by atoms with Gasteiger partial charge >= 0.3 is 5.97 Å². The molecule has 0 radical (unpaired) electrons. The number of rotatable bonds is 6. The van der Waals surface area contributed by atoms with Gasteiger partial charge < -0.3 is 14.6 Å². The molecule has 7 heteroatoms. The Labute approximate surface area is 121 Å². The van der Waals surface area contributed by atoms with Crippen molar-refractivity contribution in [2.45, 2.75) is 12.8 Å². The maximum absolute atomic E-state index is 11.4. The molecule has 1 aromatic rings. The lowest BCUT2D eigenvalue weighted by Crippen LogP contribution is -2.33. The van der Waals surface area contributed by atoms with Gasteiger partial charge in [0.25, 0.3) is 0 Å². The summed E-state index contributed by atoms with van der Waals surface area (Å²) in [5.74, 6) is -0.808. The third-order valence-electron chi connectivity index (χ3n) is 3.14. The van der Waals surface area contributed by atoms with E-state index < -0.39 is 5.97 Å². The van der Waals surface area contributed by atoms with E-state index in [0.29, 0.717) is 5.75 Å². The molecule has 1 N–H and O–H groups in total. The van der Waals surface area contributed by atoms with Gasteiger partial charge in [-0.15, -0.1) is 0 Å². The molecule has 1 aliphatic rings. The lowest BCUT2D eigenvalue weighted by molar-refractivity contribution is -0.138. The average Bonchev–Trinajstić information content (AvgIpc) is 2.79. The van der Waals surface area contributed by atoms with Crippen molar-refractivity contribution < 1.29 is 29.0 Å². The third kappa shape index (κ3) is 3.31. The molecule has 0 aliphatic carbocycles. The largest absolute Gasteiger partial charge is 0.493 e. The molecule has 0 atom stereocenters. The molecule has 1 heterocycles. The molecule has 0 bridgehead atoms. The predicted molar refractivity (Wildman–Crippen MR) is 71.4 cm³/mol. The second kappa shape index (κ2) is 6.25. The fourth-order valence-electron chi connectivity index (χ4n) is 2.04. The van der Waals surface area contributed by atoms with Crippen molar-refractivity contribution in [2.75, 3.05) is 20.3 Å². The molecule has 1 aliphatic heterocycles. The first-order chi connectivity index (χ1) is 10.0. The van der Waals surface area contributed by atoms with Gasteiger partial charge in [0.1, 0.15) is 6.61 Å². The van der Waals surface area contributed by atoms with Gasteiger partial charge in [0, 0.05) is 12.8 Å². The van der Waals surface area contributed by atoms with Gasteiger partial charge in [-0.1, -0.05) is 0 Å². The zero-order chi connectivity index (χ0) is 15.4. The van der Waals surface area contributed by atoms with Gasteiger partial charge in [-0.25, -0.2) is 4.79 Å². The normalized spacial score (nSPS) is 14.4. The lowest BCUT2D eigenvalue weighted by atomic mass is 10.2. The molecule has 1 saturated heterocycles. The number of amides is 2. The van der Waals surface area contributed by atoms with Gasteiger partial charge in [-0.3, -0.25) is 14.5 Å². The number of benzene rings is 1. The number of carboxylic acid groups (broad SMARTS) is 1. The van der Waals surface area contributed by atoms with Gasteiger partial charge in [0.05, 0.1) is 19.2 Å². The summed E-state index contributed by atoms with van der Waals surface area (Å²) >= 11 is 0. The number of ether oxygens (including phenoxy) is 2. The zero-order valence-electron chi connectivity index (χ0n) is 11.5. The Morgan fingerprint density at radius 2 is 1.90 bits per heavy atom. The maximum Gasteiger partial charge on any atom is 0.335 e. The molecule has 112 valence electrons. The number of carbonyl (C=O) groups excluding carboxylic acids is 2. The first-order valence-electron chi connectivity index (χ1n) is 6.40. The summed E-state index contributed by atoms with van der Waals surface area (Å²) in [7, 11) is 1.40. The Morgan fingerprint density at radius 1 is 1.24 bits per heavy atom. The minimum Gasteiger partial charge on any atom is -0.493 e. The fraction of sp³-hybridized carbons (Fsp3) is 0.357. The fourth-order valence-corrected chi connectivity index (χ4v) is 2.04. The highest BCUT2D eigenvalue weighted by Gasteiger charge is 2.28. The number of imide groups is 1. The number of carboxylic acids is 1. The molecule has 21 heavy (non-hydrogen) atoms. The zero-order valence-corrected chi connectivity index (χ0v) is 11.5. The Hall–Kier alpha value is -2.57. The van der Waals surface area contributed by atoms with Crippen LogP contribution < -0.4 is 9.47 Å². The highest BCUT2D eigenvalue weighted by Crippen LogP contribution is 2.28. The minimum atomic E-state index is -1.06. The highest BCUT2D eigenvalue weighted by molar-refractivity contribution is 6.01. The van der Waals surface area contributed by atoms with Gasteiger partial charge in [0.2, 0.25) is 11.8 Å². The number of likely N-dealkylation sites (tertiary alicyclic amines) is 1. The third-order valence-corrected chi connectivity index (χ3v) is 3.14. The summed E-state index contributed by atoms with van der Waals surface area (Å²) in [4.78, 5) is 34.9. The van der Waals surface area contributed by atoms with Crippen molar-refractivity contribution in [3.05, 3.63) is 23.8 Å². The van der Waals surface area contributed by atoms with E-state index in [2.05, 4.69) is 0 Å². The number of aromatic carboxylic acids is 1. The summed E-state index contributed by atoms with van der Waals surface area (Å²) < 4.78 is 10.5. The van der Waals surface area contributed by atoms with Crippen LogP contribution in [-0.4, -0.2) is 48.1 Å². The van der Waals surface area contributed by atoms with E-state index in [-0.39, 0.29) is 49.1 Å². The molecule has 0 spiro atoms. The van der Waals surface area contributed by atoms with Crippen LogP contribution in [0.15, 0.2) is 18.2 Å². The van der Waals surface area contributed by atoms with E-state index in [4.69, 9.17) is 14.6 Å². The number of hydrogen-bond donors (Lipinski definition) is 1. The number of carbonyl (C=O) groups is 3. The first-order valence-corrected chi connectivity index (χ1v) is 6.40. The molecular formula is C14H15NO6. The van der Waals surface area contributed by atoms with E-state index >= 15 is 0 Å². The molecule has 2 amide bonds. The van der Waals surface area contributed by atoms with Crippen molar-refractivity contribution in [3.8, 4) is 11.5 Å². The summed E-state index contributed by atoms with van der Waals surface area (Å²) in [5.41, 5.74) is 0.0871. The smallest absolute Gasteiger partial charge is 0.335 e. The number of methoxy groups -OCH3 is 1. The van der Waals surface area contributed by atoms with E-state index in [1.165, 1.54) is 25.3 Å². The monoisotopic (exact) mass is 293 g/mol. The molecule has 7 nitrogen and oxygen atoms in total. The minimum absolute atomic E-state index is 0.0871. The highest BCUT2D eigenvalue weighted by atomic mass is 16.5.